The second kappa shape index (κ2) is 5.71. The van der Waals surface area contributed by atoms with Gasteiger partial charge in [-0.2, -0.15) is 0 Å². The molecule has 1 atom stereocenters. The molecule has 1 amide bonds. The molecule has 0 radical (unpaired) electrons. The Labute approximate surface area is 131 Å². The Hall–Kier alpha value is -2.90. The van der Waals surface area contributed by atoms with Gasteiger partial charge in [0, 0.05) is 31.3 Å². The van der Waals surface area contributed by atoms with E-state index in [9.17, 15) is 20.0 Å². The summed E-state index contributed by atoms with van der Waals surface area (Å²) in [6, 6.07) is 3.37. The summed E-state index contributed by atoms with van der Waals surface area (Å²) in [5, 5.41) is 23.3. The fourth-order valence-electron chi connectivity index (χ4n) is 2.79. The van der Waals surface area contributed by atoms with Gasteiger partial charge >= 0.3 is 0 Å². The van der Waals surface area contributed by atoms with Gasteiger partial charge in [-0.15, -0.1) is 0 Å². The zero-order valence-corrected chi connectivity index (χ0v) is 12.5. The Kier molecular flexibility index (Phi) is 3.73. The van der Waals surface area contributed by atoms with Crippen LogP contribution in [0, 0.1) is 17.0 Å². The minimum absolute atomic E-state index is 0.0307. The predicted octanol–water partition coefficient (Wildman–Crippen LogP) is 1.55. The number of phenolic OH excluding ortho intramolecular Hbond substituents is 1. The van der Waals surface area contributed by atoms with Crippen LogP contribution in [0.1, 0.15) is 28.3 Å². The number of nitrogens with one attached hydrogen (secondary N) is 1. The minimum atomic E-state index is -0.620. The van der Waals surface area contributed by atoms with E-state index in [2.05, 4.69) is 10.3 Å². The predicted molar refractivity (Wildman–Crippen MR) is 81.3 cm³/mol. The summed E-state index contributed by atoms with van der Waals surface area (Å²) in [5.41, 5.74) is 0.721. The van der Waals surface area contributed by atoms with Gasteiger partial charge in [0.05, 0.1) is 22.2 Å². The number of aromatic nitrogens is 2. The number of carbonyl (C=O) groups excluding carboxylic acids is 1. The molecule has 0 unspecified atom stereocenters. The van der Waals surface area contributed by atoms with Crippen LogP contribution in [0.15, 0.2) is 24.4 Å². The van der Waals surface area contributed by atoms with Gasteiger partial charge in [-0.1, -0.05) is 0 Å². The van der Waals surface area contributed by atoms with E-state index in [0.29, 0.717) is 6.54 Å². The molecule has 120 valence electrons. The number of fused-ring (bicyclic) bond motifs is 1. The van der Waals surface area contributed by atoms with Crippen LogP contribution in [0.4, 0.5) is 5.69 Å². The lowest BCUT2D eigenvalue weighted by atomic mass is 10.1. The van der Waals surface area contributed by atoms with Crippen LogP contribution in [0.5, 0.6) is 5.75 Å². The molecule has 0 aliphatic carbocycles. The summed E-state index contributed by atoms with van der Waals surface area (Å²) >= 11 is 0. The van der Waals surface area contributed by atoms with Gasteiger partial charge < -0.3 is 15.0 Å². The average molecular weight is 316 g/mol. The number of nitrogens with zero attached hydrogens (tertiary/aromatic N) is 3. The van der Waals surface area contributed by atoms with Crippen molar-refractivity contribution in [2.75, 3.05) is 0 Å². The molecule has 0 saturated heterocycles. The normalized spacial score (nSPS) is 16.7. The maximum absolute atomic E-state index is 12.3. The first-order valence-electron chi connectivity index (χ1n) is 7.25. The maximum atomic E-state index is 12.3. The summed E-state index contributed by atoms with van der Waals surface area (Å²) in [7, 11) is 0. The molecule has 1 aromatic heterocycles. The van der Waals surface area contributed by atoms with Gasteiger partial charge in [0.25, 0.3) is 11.6 Å². The smallest absolute Gasteiger partial charge is 0.273 e. The SMILES string of the molecule is Cc1cn2c(n1)CC[C@H](NC(=O)c1ccc([N+](=O)[O-])cc1O)C2. The number of carbonyl (C=O) groups is 1. The van der Waals surface area contributed by atoms with Gasteiger partial charge in [0.15, 0.2) is 0 Å². The summed E-state index contributed by atoms with van der Waals surface area (Å²) in [6.45, 7) is 2.55. The number of nitro benzene ring substituents is 1. The number of aromatic hydroxyl groups is 1. The van der Waals surface area contributed by atoms with Crippen LogP contribution >= 0.6 is 0 Å². The number of rotatable bonds is 3. The molecule has 3 rings (SSSR count). The van der Waals surface area contributed by atoms with Crippen molar-refractivity contribution in [3.8, 4) is 5.75 Å². The Morgan fingerprint density at radius 2 is 2.30 bits per heavy atom. The van der Waals surface area contributed by atoms with Crippen molar-refractivity contribution in [2.24, 2.45) is 0 Å². The quantitative estimate of drug-likeness (QED) is 0.659. The van der Waals surface area contributed by atoms with Gasteiger partial charge in [-0.05, 0) is 19.4 Å². The first-order valence-corrected chi connectivity index (χ1v) is 7.25. The van der Waals surface area contributed by atoms with E-state index in [0.717, 1.165) is 30.4 Å². The minimum Gasteiger partial charge on any atom is -0.507 e. The second-order valence-corrected chi connectivity index (χ2v) is 5.62. The van der Waals surface area contributed by atoms with E-state index >= 15 is 0 Å². The molecule has 0 bridgehead atoms. The van der Waals surface area contributed by atoms with E-state index in [1.54, 1.807) is 0 Å². The monoisotopic (exact) mass is 316 g/mol. The second-order valence-electron chi connectivity index (χ2n) is 5.62. The molecule has 0 saturated carbocycles. The molecule has 0 spiro atoms. The van der Waals surface area contributed by atoms with Crippen molar-refractivity contribution in [2.45, 2.75) is 32.4 Å². The molecule has 23 heavy (non-hydrogen) atoms. The van der Waals surface area contributed by atoms with Gasteiger partial charge in [0.2, 0.25) is 0 Å². The number of hydrogen-bond acceptors (Lipinski definition) is 5. The first kappa shape index (κ1) is 15.0. The first-order chi connectivity index (χ1) is 10.9. The number of hydrogen-bond donors (Lipinski definition) is 2. The summed E-state index contributed by atoms with van der Waals surface area (Å²) < 4.78 is 2.01. The summed E-state index contributed by atoms with van der Waals surface area (Å²) in [4.78, 5) is 26.7. The number of imidazole rings is 1. The number of phenols is 1. The van der Waals surface area contributed by atoms with Crippen LogP contribution in [0.3, 0.4) is 0 Å². The third kappa shape index (κ3) is 3.01. The van der Waals surface area contributed by atoms with Crippen molar-refractivity contribution in [3.05, 3.63) is 51.6 Å². The molecule has 8 heteroatoms. The van der Waals surface area contributed by atoms with Crippen molar-refractivity contribution >= 4 is 11.6 Å². The molecule has 0 fully saturated rings. The number of non-ortho nitro benzene ring substituents is 1. The molecule has 8 nitrogen and oxygen atoms in total. The molecule has 2 N–H and O–H groups in total. The molecular formula is C15H16N4O4. The lowest BCUT2D eigenvalue weighted by Crippen LogP contribution is -2.40. The molecule has 1 aromatic carbocycles. The average Bonchev–Trinajstić information content (AvgIpc) is 2.86. The summed E-state index contributed by atoms with van der Waals surface area (Å²) in [6.07, 6.45) is 3.47. The van der Waals surface area contributed by atoms with Crippen LogP contribution in [0.2, 0.25) is 0 Å². The zero-order chi connectivity index (χ0) is 16.6. The maximum Gasteiger partial charge on any atom is 0.273 e. The van der Waals surface area contributed by atoms with Crippen LogP contribution in [-0.4, -0.2) is 31.5 Å². The summed E-state index contributed by atoms with van der Waals surface area (Å²) in [5.74, 6) is 0.167. The van der Waals surface area contributed by atoms with E-state index in [1.807, 2.05) is 17.7 Å². The van der Waals surface area contributed by atoms with Crippen LogP contribution in [0.25, 0.3) is 0 Å². The highest BCUT2D eigenvalue weighted by molar-refractivity contribution is 5.97. The number of nitro groups is 1. The molecule has 2 heterocycles. The Morgan fingerprint density at radius 3 is 3.00 bits per heavy atom. The van der Waals surface area contributed by atoms with Crippen molar-refractivity contribution < 1.29 is 14.8 Å². The van der Waals surface area contributed by atoms with Crippen molar-refractivity contribution in [1.29, 1.82) is 0 Å². The number of amides is 1. The standard InChI is InChI=1S/C15H16N4O4/c1-9-7-18-8-10(2-5-14(18)16-9)17-15(21)12-4-3-11(19(22)23)6-13(12)20/h3-4,6-7,10,20H,2,5,8H2,1H3,(H,17,21)/t10-/m0/s1. The van der Waals surface area contributed by atoms with E-state index < -0.39 is 16.6 Å². The van der Waals surface area contributed by atoms with E-state index in [4.69, 9.17) is 0 Å². The van der Waals surface area contributed by atoms with Crippen molar-refractivity contribution in [3.63, 3.8) is 0 Å². The van der Waals surface area contributed by atoms with Crippen molar-refractivity contribution in [1.82, 2.24) is 14.9 Å². The fraction of sp³-hybridized carbons (Fsp3) is 0.333. The topological polar surface area (TPSA) is 110 Å². The third-order valence-electron chi connectivity index (χ3n) is 3.89. The molecular weight excluding hydrogens is 300 g/mol. The van der Waals surface area contributed by atoms with Gasteiger partial charge in [-0.3, -0.25) is 14.9 Å². The van der Waals surface area contributed by atoms with Gasteiger partial charge in [-0.25, -0.2) is 4.98 Å². The lowest BCUT2D eigenvalue weighted by molar-refractivity contribution is -0.384. The zero-order valence-electron chi connectivity index (χ0n) is 12.5. The van der Waals surface area contributed by atoms with Crippen LogP contribution < -0.4 is 5.32 Å². The Balaban J connectivity index is 1.71. The number of benzene rings is 1. The highest BCUT2D eigenvalue weighted by atomic mass is 16.6. The molecule has 2 aromatic rings. The Bertz CT molecular complexity index is 784. The van der Waals surface area contributed by atoms with E-state index in [-0.39, 0.29) is 17.3 Å². The van der Waals surface area contributed by atoms with Gasteiger partial charge in [0.1, 0.15) is 11.6 Å². The van der Waals surface area contributed by atoms with Crippen LogP contribution in [-0.2, 0) is 13.0 Å². The Morgan fingerprint density at radius 1 is 1.52 bits per heavy atom. The third-order valence-corrected chi connectivity index (χ3v) is 3.89. The molecule has 1 aliphatic heterocycles. The fourth-order valence-corrected chi connectivity index (χ4v) is 2.79. The number of aryl methyl sites for hydroxylation is 2. The molecule has 1 aliphatic rings. The largest absolute Gasteiger partial charge is 0.507 e. The highest BCUT2D eigenvalue weighted by Gasteiger charge is 2.23. The highest BCUT2D eigenvalue weighted by Crippen LogP contribution is 2.24. The lowest BCUT2D eigenvalue weighted by Gasteiger charge is -2.24. The van der Waals surface area contributed by atoms with E-state index in [1.165, 1.54) is 12.1 Å².